The van der Waals surface area contributed by atoms with E-state index in [0.717, 1.165) is 16.8 Å². The van der Waals surface area contributed by atoms with Crippen LogP contribution in [0.3, 0.4) is 0 Å². The van der Waals surface area contributed by atoms with Gasteiger partial charge in [0.2, 0.25) is 5.69 Å². The van der Waals surface area contributed by atoms with Gasteiger partial charge in [0.1, 0.15) is 0 Å². The Morgan fingerprint density at radius 2 is 1.68 bits per heavy atom. The number of rotatable bonds is 2. The van der Waals surface area contributed by atoms with Gasteiger partial charge in [0, 0.05) is 12.1 Å². The van der Waals surface area contributed by atoms with Crippen molar-refractivity contribution in [2.75, 3.05) is 0 Å². The zero-order valence-corrected chi connectivity index (χ0v) is 10.5. The topological polar surface area (TPSA) is 49.9 Å². The molecule has 0 aliphatic carbocycles. The summed E-state index contributed by atoms with van der Waals surface area (Å²) >= 11 is 0. The lowest BCUT2D eigenvalue weighted by Crippen LogP contribution is -2.36. The third-order valence-electron chi connectivity index (χ3n) is 2.91. The standard InChI is InChI=1S/C15H12N2O2/c1-11-7-9-13(10-8-11)17-14(19-15(18)16-17)12-5-3-2-4-6-12/h2-10H,1H3/p+1. The van der Waals surface area contributed by atoms with Crippen molar-refractivity contribution in [1.82, 2.24) is 5.10 Å². The Kier molecular flexibility index (Phi) is 2.76. The minimum Gasteiger partial charge on any atom is -0.348 e. The van der Waals surface area contributed by atoms with Gasteiger partial charge < -0.3 is 4.42 Å². The molecule has 0 fully saturated rings. The number of hydrogen-bond donors (Lipinski definition) is 1. The van der Waals surface area contributed by atoms with E-state index in [2.05, 4.69) is 5.10 Å². The molecular formula is C15H13N2O2+. The molecule has 0 spiro atoms. The van der Waals surface area contributed by atoms with Crippen molar-refractivity contribution >= 4 is 0 Å². The van der Waals surface area contributed by atoms with Crippen molar-refractivity contribution in [2.45, 2.75) is 6.92 Å². The van der Waals surface area contributed by atoms with E-state index in [9.17, 15) is 4.79 Å². The molecule has 0 atom stereocenters. The lowest BCUT2D eigenvalue weighted by atomic mass is 10.2. The maximum Gasteiger partial charge on any atom is 0.471 e. The van der Waals surface area contributed by atoms with Crippen molar-refractivity contribution in [3.05, 3.63) is 70.7 Å². The van der Waals surface area contributed by atoms with Crippen LogP contribution in [0, 0.1) is 6.92 Å². The zero-order valence-electron chi connectivity index (χ0n) is 10.5. The second-order valence-corrected chi connectivity index (χ2v) is 4.34. The van der Waals surface area contributed by atoms with E-state index in [1.807, 2.05) is 61.5 Å². The second-order valence-electron chi connectivity index (χ2n) is 4.34. The minimum atomic E-state index is -0.473. The molecule has 0 radical (unpaired) electrons. The molecule has 1 N–H and O–H groups in total. The van der Waals surface area contributed by atoms with Crippen LogP contribution in [0.2, 0.25) is 0 Å². The maximum absolute atomic E-state index is 11.5. The Morgan fingerprint density at radius 3 is 2.37 bits per heavy atom. The lowest BCUT2D eigenvalue weighted by Gasteiger charge is -1.95. The number of nitrogens with one attached hydrogen (secondary N) is 1. The predicted molar refractivity (Wildman–Crippen MR) is 71.0 cm³/mol. The molecule has 0 unspecified atom stereocenters. The number of aryl methyl sites for hydroxylation is 1. The molecule has 0 bridgehead atoms. The van der Waals surface area contributed by atoms with Gasteiger partial charge in [-0.3, -0.25) is 0 Å². The van der Waals surface area contributed by atoms with Gasteiger partial charge in [-0.15, -0.1) is 0 Å². The molecule has 0 saturated heterocycles. The monoisotopic (exact) mass is 253 g/mol. The molecule has 4 nitrogen and oxygen atoms in total. The molecule has 0 amide bonds. The Morgan fingerprint density at radius 1 is 1.00 bits per heavy atom. The molecule has 2 aromatic carbocycles. The van der Waals surface area contributed by atoms with E-state index in [4.69, 9.17) is 4.42 Å². The Balaban J connectivity index is 2.17. The van der Waals surface area contributed by atoms with Crippen molar-refractivity contribution in [1.29, 1.82) is 0 Å². The summed E-state index contributed by atoms with van der Waals surface area (Å²) in [6, 6.07) is 17.4. The Bertz CT molecular complexity index is 740. The molecule has 0 aliphatic heterocycles. The van der Waals surface area contributed by atoms with E-state index in [-0.39, 0.29) is 0 Å². The fourth-order valence-corrected chi connectivity index (χ4v) is 1.94. The molecule has 3 aromatic rings. The van der Waals surface area contributed by atoms with Gasteiger partial charge in [0.25, 0.3) is 0 Å². The highest BCUT2D eigenvalue weighted by Gasteiger charge is 2.22. The van der Waals surface area contributed by atoms with Gasteiger partial charge in [-0.2, -0.15) is 0 Å². The van der Waals surface area contributed by atoms with E-state index < -0.39 is 5.76 Å². The van der Waals surface area contributed by atoms with Crippen LogP contribution in [0.5, 0.6) is 0 Å². The fourth-order valence-electron chi connectivity index (χ4n) is 1.94. The van der Waals surface area contributed by atoms with Crippen molar-refractivity contribution < 1.29 is 9.10 Å². The minimum absolute atomic E-state index is 0.473. The van der Waals surface area contributed by atoms with Crippen LogP contribution in [0.4, 0.5) is 0 Å². The Hall–Kier alpha value is -2.62. The lowest BCUT2D eigenvalue weighted by molar-refractivity contribution is -0.649. The fraction of sp³-hybridized carbons (Fsp3) is 0.0667. The van der Waals surface area contributed by atoms with Gasteiger partial charge in [-0.1, -0.05) is 41.0 Å². The molecular weight excluding hydrogens is 240 g/mol. The van der Waals surface area contributed by atoms with Crippen LogP contribution in [0.25, 0.3) is 17.1 Å². The van der Waals surface area contributed by atoms with Crippen molar-refractivity contribution in [2.24, 2.45) is 0 Å². The molecule has 0 saturated carbocycles. The SMILES string of the molecule is Cc1ccc(-[n+]2[nH]c(=O)oc2-c2ccccc2)cc1. The van der Waals surface area contributed by atoms with Gasteiger partial charge in [0.05, 0.1) is 5.56 Å². The summed E-state index contributed by atoms with van der Waals surface area (Å²) in [6.45, 7) is 2.02. The summed E-state index contributed by atoms with van der Waals surface area (Å²) in [5, 5.41) is 2.67. The summed E-state index contributed by atoms with van der Waals surface area (Å²) in [5.74, 6) is 0.0221. The predicted octanol–water partition coefficient (Wildman–Crippen LogP) is 2.22. The van der Waals surface area contributed by atoms with Crippen LogP contribution < -0.4 is 10.4 Å². The van der Waals surface area contributed by atoms with Gasteiger partial charge >= 0.3 is 11.6 Å². The smallest absolute Gasteiger partial charge is 0.348 e. The van der Waals surface area contributed by atoms with Crippen LogP contribution in [-0.2, 0) is 0 Å². The summed E-state index contributed by atoms with van der Waals surface area (Å²) in [5.41, 5.74) is 2.87. The number of nitrogens with zero attached hydrogens (tertiary/aromatic N) is 1. The van der Waals surface area contributed by atoms with Crippen molar-refractivity contribution in [3.63, 3.8) is 0 Å². The number of aromatic nitrogens is 2. The molecule has 0 aliphatic rings. The number of benzene rings is 2. The van der Waals surface area contributed by atoms with Crippen LogP contribution >= 0.6 is 0 Å². The van der Waals surface area contributed by atoms with Gasteiger partial charge in [0.15, 0.2) is 0 Å². The molecule has 3 rings (SSSR count). The zero-order chi connectivity index (χ0) is 13.2. The van der Waals surface area contributed by atoms with Crippen LogP contribution in [-0.4, -0.2) is 5.10 Å². The summed E-state index contributed by atoms with van der Waals surface area (Å²) in [6.07, 6.45) is 0. The maximum atomic E-state index is 11.5. The second kappa shape index (κ2) is 4.57. The number of hydrogen-bond acceptors (Lipinski definition) is 2. The number of H-pyrrole nitrogens is 1. The summed E-state index contributed by atoms with van der Waals surface area (Å²) in [4.78, 5) is 11.5. The third kappa shape index (κ3) is 2.20. The molecule has 1 aromatic heterocycles. The molecule has 19 heavy (non-hydrogen) atoms. The third-order valence-corrected chi connectivity index (χ3v) is 2.91. The summed E-state index contributed by atoms with van der Waals surface area (Å²) in [7, 11) is 0. The molecule has 94 valence electrons. The first-order chi connectivity index (χ1) is 9.24. The van der Waals surface area contributed by atoms with E-state index in [1.54, 1.807) is 4.68 Å². The van der Waals surface area contributed by atoms with E-state index in [0.29, 0.717) is 5.89 Å². The van der Waals surface area contributed by atoms with E-state index in [1.165, 1.54) is 0 Å². The first-order valence-electron chi connectivity index (χ1n) is 6.02. The first kappa shape index (κ1) is 11.5. The highest BCUT2D eigenvalue weighted by molar-refractivity contribution is 5.50. The largest absolute Gasteiger partial charge is 0.471 e. The molecule has 4 heteroatoms. The van der Waals surface area contributed by atoms with Crippen molar-refractivity contribution in [3.8, 4) is 17.1 Å². The number of aromatic amines is 1. The average molecular weight is 253 g/mol. The summed E-state index contributed by atoms with van der Waals surface area (Å²) < 4.78 is 6.89. The normalized spacial score (nSPS) is 10.6. The van der Waals surface area contributed by atoms with E-state index >= 15 is 0 Å². The first-order valence-corrected chi connectivity index (χ1v) is 6.02. The Labute approximate surface area is 109 Å². The highest BCUT2D eigenvalue weighted by atomic mass is 16.4. The molecule has 1 heterocycles. The quantitative estimate of drug-likeness (QED) is 0.712. The highest BCUT2D eigenvalue weighted by Crippen LogP contribution is 2.14. The average Bonchev–Trinajstić information content (AvgIpc) is 2.83. The van der Waals surface area contributed by atoms with Crippen LogP contribution in [0.1, 0.15) is 5.56 Å². The van der Waals surface area contributed by atoms with Crippen LogP contribution in [0.15, 0.2) is 63.8 Å². The van der Waals surface area contributed by atoms with Gasteiger partial charge in [-0.05, 0) is 23.7 Å². The van der Waals surface area contributed by atoms with Gasteiger partial charge in [-0.25, -0.2) is 4.79 Å².